The maximum absolute atomic E-state index is 12.5. The fraction of sp³-hybridized carbons (Fsp3) is 0.400. The molecule has 2 aromatic rings. The van der Waals surface area contributed by atoms with E-state index in [0.717, 1.165) is 25.8 Å². The Morgan fingerprint density at radius 2 is 1.46 bits per heavy atom. The summed E-state index contributed by atoms with van der Waals surface area (Å²) < 4.78 is 24.3. The highest BCUT2D eigenvalue weighted by molar-refractivity contribution is 7.51. The molecule has 0 atom stereocenters. The van der Waals surface area contributed by atoms with Crippen molar-refractivity contribution in [2.75, 3.05) is 39.3 Å². The van der Waals surface area contributed by atoms with Crippen LogP contribution >= 0.6 is 7.75 Å². The van der Waals surface area contributed by atoms with Gasteiger partial charge in [0.1, 0.15) is 0 Å². The van der Waals surface area contributed by atoms with Crippen molar-refractivity contribution in [1.82, 2.24) is 4.67 Å². The number of nitrogens with zero attached hydrogens (tertiary/aromatic N) is 2. The first-order chi connectivity index (χ1) is 12.6. The molecule has 0 spiro atoms. The molecule has 0 fully saturated rings. The topological polar surface area (TPSA) is 42.0 Å². The Morgan fingerprint density at radius 1 is 0.962 bits per heavy atom. The number of para-hydroxylation sites is 2. The average Bonchev–Trinajstić information content (AvgIpc) is 2.84. The lowest BCUT2D eigenvalue weighted by molar-refractivity contribution is 0.220. The number of benzene rings is 2. The number of rotatable bonds is 7. The minimum atomic E-state index is -3.17. The zero-order valence-corrected chi connectivity index (χ0v) is 16.6. The van der Waals surface area contributed by atoms with Crippen LogP contribution in [0.1, 0.15) is 17.5 Å². The molecule has 0 radical (unpaired) electrons. The normalized spacial score (nSPS) is 14.1. The second-order valence-electron chi connectivity index (χ2n) is 6.48. The molecule has 1 aliphatic rings. The van der Waals surface area contributed by atoms with Crippen LogP contribution in [0.15, 0.2) is 48.5 Å². The molecule has 1 heterocycles. The molecule has 1 aliphatic heterocycles. The quantitative estimate of drug-likeness (QED) is 0.660. The second kappa shape index (κ2) is 8.36. The van der Waals surface area contributed by atoms with Crippen LogP contribution in [0.2, 0.25) is 0 Å². The molecule has 5 nitrogen and oxygen atoms in total. The summed E-state index contributed by atoms with van der Waals surface area (Å²) >= 11 is 0. The van der Waals surface area contributed by atoms with Crippen LogP contribution in [0.4, 0.5) is 11.4 Å². The van der Waals surface area contributed by atoms with E-state index in [-0.39, 0.29) is 0 Å². The van der Waals surface area contributed by atoms with Crippen molar-refractivity contribution >= 4 is 19.1 Å². The van der Waals surface area contributed by atoms with E-state index in [0.29, 0.717) is 6.54 Å². The van der Waals surface area contributed by atoms with Crippen molar-refractivity contribution in [2.24, 2.45) is 0 Å². The average molecular weight is 374 g/mol. The molecule has 0 N–H and O–H groups in total. The predicted molar refractivity (Wildman–Crippen MR) is 106 cm³/mol. The number of hydrogen-bond donors (Lipinski definition) is 0. The van der Waals surface area contributed by atoms with E-state index < -0.39 is 7.75 Å². The summed E-state index contributed by atoms with van der Waals surface area (Å²) in [5.41, 5.74) is 5.27. The molecule has 6 heteroatoms. The maximum atomic E-state index is 12.5. The van der Waals surface area contributed by atoms with Crippen molar-refractivity contribution in [3.05, 3.63) is 59.7 Å². The standard InChI is InChI=1S/C20H27N2O3P/c1-21(26(23,24-2)25-3)15-8-16-22-19-11-6-4-9-17(19)13-14-18-10-5-7-12-20(18)22/h4-7,9-12H,8,13-16H2,1-3H3. The van der Waals surface area contributed by atoms with Gasteiger partial charge in [0.2, 0.25) is 0 Å². The molecule has 0 saturated heterocycles. The Balaban J connectivity index is 1.80. The molecule has 0 amide bonds. The zero-order valence-electron chi connectivity index (χ0n) is 15.7. The second-order valence-corrected chi connectivity index (χ2v) is 8.83. The Hall–Kier alpha value is -1.65. The smallest absolute Gasteiger partial charge is 0.341 e. The van der Waals surface area contributed by atoms with Crippen molar-refractivity contribution in [2.45, 2.75) is 19.3 Å². The molecule has 2 aromatic carbocycles. The largest absolute Gasteiger partial charge is 0.407 e. The van der Waals surface area contributed by atoms with Gasteiger partial charge in [0.15, 0.2) is 0 Å². The van der Waals surface area contributed by atoms with Gasteiger partial charge in [0.25, 0.3) is 0 Å². The summed E-state index contributed by atoms with van der Waals surface area (Å²) in [6.07, 6.45) is 2.94. The fourth-order valence-corrected chi connectivity index (χ4v) is 4.64. The SMILES string of the molecule is COP(=O)(OC)N(C)CCCN1c2ccccc2CCc2ccccc21. The Bertz CT molecular complexity index is 741. The van der Waals surface area contributed by atoms with E-state index >= 15 is 0 Å². The Kier molecular flexibility index (Phi) is 6.15. The highest BCUT2D eigenvalue weighted by atomic mass is 31.2. The van der Waals surface area contributed by atoms with Gasteiger partial charge in [-0.05, 0) is 49.6 Å². The highest BCUT2D eigenvalue weighted by Gasteiger charge is 2.28. The number of hydrogen-bond acceptors (Lipinski definition) is 4. The van der Waals surface area contributed by atoms with Crippen molar-refractivity contribution in [3.8, 4) is 0 Å². The van der Waals surface area contributed by atoms with Crippen LogP contribution in [-0.4, -0.2) is 39.0 Å². The molecule has 0 unspecified atom stereocenters. The van der Waals surface area contributed by atoms with Gasteiger partial charge in [-0.2, -0.15) is 0 Å². The third-order valence-corrected chi connectivity index (χ3v) is 6.93. The summed E-state index contributed by atoms with van der Waals surface area (Å²) in [6.45, 7) is 1.46. The van der Waals surface area contributed by atoms with Gasteiger partial charge in [0.05, 0.1) is 0 Å². The van der Waals surface area contributed by atoms with Crippen molar-refractivity contribution in [3.63, 3.8) is 0 Å². The number of fused-ring (bicyclic) bond motifs is 2. The van der Waals surface area contributed by atoms with Gasteiger partial charge in [0, 0.05) is 38.7 Å². The number of aryl methyl sites for hydroxylation is 2. The van der Waals surface area contributed by atoms with E-state index in [1.807, 2.05) is 0 Å². The van der Waals surface area contributed by atoms with Crippen LogP contribution in [0, 0.1) is 0 Å². The van der Waals surface area contributed by atoms with Gasteiger partial charge >= 0.3 is 7.75 Å². The summed E-state index contributed by atoms with van der Waals surface area (Å²) in [5.74, 6) is 0. The van der Waals surface area contributed by atoms with Crippen molar-refractivity contribution in [1.29, 1.82) is 0 Å². The van der Waals surface area contributed by atoms with Crippen LogP contribution in [-0.2, 0) is 26.5 Å². The van der Waals surface area contributed by atoms with Gasteiger partial charge < -0.3 is 4.90 Å². The monoisotopic (exact) mass is 374 g/mol. The van der Waals surface area contributed by atoms with E-state index in [9.17, 15) is 4.57 Å². The minimum absolute atomic E-state index is 0.625. The summed E-state index contributed by atoms with van der Waals surface area (Å²) in [4.78, 5) is 2.38. The van der Waals surface area contributed by atoms with Gasteiger partial charge in [-0.25, -0.2) is 9.24 Å². The van der Waals surface area contributed by atoms with Gasteiger partial charge in [-0.3, -0.25) is 9.05 Å². The molecule has 3 rings (SSSR count). The molecule has 26 heavy (non-hydrogen) atoms. The lowest BCUT2D eigenvalue weighted by atomic mass is 10.0. The number of anilines is 2. The zero-order chi connectivity index (χ0) is 18.6. The first-order valence-corrected chi connectivity index (χ1v) is 10.4. The molecule has 0 aliphatic carbocycles. The van der Waals surface area contributed by atoms with Crippen LogP contribution in [0.5, 0.6) is 0 Å². The van der Waals surface area contributed by atoms with E-state index in [4.69, 9.17) is 9.05 Å². The van der Waals surface area contributed by atoms with Crippen LogP contribution < -0.4 is 4.90 Å². The predicted octanol–water partition coefficient (Wildman–Crippen LogP) is 4.65. The molecule has 0 bridgehead atoms. The third-order valence-electron chi connectivity index (χ3n) is 4.97. The summed E-state index contributed by atoms with van der Waals surface area (Å²) in [6, 6.07) is 17.2. The highest BCUT2D eigenvalue weighted by Crippen LogP contribution is 2.49. The van der Waals surface area contributed by atoms with Gasteiger partial charge in [-0.15, -0.1) is 0 Å². The summed E-state index contributed by atoms with van der Waals surface area (Å²) in [5, 5.41) is 0. The van der Waals surface area contributed by atoms with Gasteiger partial charge in [-0.1, -0.05) is 36.4 Å². The Labute approximate surface area is 156 Å². The Morgan fingerprint density at radius 3 is 1.96 bits per heavy atom. The molecule has 0 aromatic heterocycles. The molecule has 140 valence electrons. The maximum Gasteiger partial charge on any atom is 0.407 e. The van der Waals surface area contributed by atoms with E-state index in [1.54, 1.807) is 11.7 Å². The lowest BCUT2D eigenvalue weighted by Crippen LogP contribution is -2.25. The lowest BCUT2D eigenvalue weighted by Gasteiger charge is -2.29. The summed E-state index contributed by atoms with van der Waals surface area (Å²) in [7, 11) is 1.45. The van der Waals surface area contributed by atoms with E-state index in [2.05, 4.69) is 53.4 Å². The molecule has 0 saturated carbocycles. The third kappa shape index (κ3) is 3.86. The minimum Gasteiger partial charge on any atom is -0.341 e. The van der Waals surface area contributed by atoms with Crippen molar-refractivity contribution < 1.29 is 13.6 Å². The molecular weight excluding hydrogens is 347 g/mol. The first kappa shape index (κ1) is 19.1. The fourth-order valence-electron chi connectivity index (χ4n) is 3.54. The van der Waals surface area contributed by atoms with E-state index in [1.165, 1.54) is 36.7 Å². The molecular formula is C20H27N2O3P. The first-order valence-electron chi connectivity index (χ1n) is 8.95. The van der Waals surface area contributed by atoms with Crippen LogP contribution in [0.25, 0.3) is 0 Å². The van der Waals surface area contributed by atoms with Crippen LogP contribution in [0.3, 0.4) is 0 Å².